The molecule has 0 unspecified atom stereocenters. The first-order chi connectivity index (χ1) is 10.5. The zero-order valence-electron chi connectivity index (χ0n) is 11.8. The van der Waals surface area contributed by atoms with Gasteiger partial charge < -0.3 is 10.1 Å². The Kier molecular flexibility index (Phi) is 5.63. The van der Waals surface area contributed by atoms with Crippen molar-refractivity contribution in [3.8, 4) is 5.75 Å². The molecule has 1 atom stereocenters. The zero-order valence-corrected chi connectivity index (χ0v) is 13.3. The van der Waals surface area contributed by atoms with Crippen LogP contribution in [-0.4, -0.2) is 12.0 Å². The van der Waals surface area contributed by atoms with Crippen LogP contribution in [0.25, 0.3) is 0 Å². The minimum Gasteiger partial charge on any atom is -0.478 e. The highest BCUT2D eigenvalue weighted by molar-refractivity contribution is 6.36. The van der Waals surface area contributed by atoms with Gasteiger partial charge in [-0.2, -0.15) is 0 Å². The Morgan fingerprint density at radius 1 is 1.27 bits per heavy atom. The maximum atomic E-state index is 13.6. The smallest absolute Gasteiger partial charge is 0.265 e. The van der Waals surface area contributed by atoms with Crippen molar-refractivity contribution >= 4 is 34.8 Å². The molecule has 0 radical (unpaired) electrons. The predicted molar refractivity (Wildman–Crippen MR) is 86.2 cm³/mol. The van der Waals surface area contributed by atoms with Crippen molar-refractivity contribution in [3.05, 3.63) is 58.3 Å². The molecule has 3 nitrogen and oxygen atoms in total. The number of hydrogen-bond donors (Lipinski definition) is 1. The monoisotopic (exact) mass is 341 g/mol. The SMILES string of the molecule is CC[C@@H](Oc1ccccc1F)C(=O)Nc1ccc(Cl)cc1Cl. The van der Waals surface area contributed by atoms with Gasteiger partial charge in [-0.15, -0.1) is 0 Å². The van der Waals surface area contributed by atoms with Crippen LogP contribution in [0, 0.1) is 5.82 Å². The van der Waals surface area contributed by atoms with Crippen molar-refractivity contribution in [1.29, 1.82) is 0 Å². The number of ether oxygens (including phenoxy) is 1. The molecule has 0 spiro atoms. The van der Waals surface area contributed by atoms with Gasteiger partial charge in [0.1, 0.15) is 0 Å². The molecule has 22 heavy (non-hydrogen) atoms. The number of carbonyl (C=O) groups excluding carboxylic acids is 1. The van der Waals surface area contributed by atoms with Gasteiger partial charge in [0, 0.05) is 5.02 Å². The first kappa shape index (κ1) is 16.6. The molecule has 0 aromatic heterocycles. The lowest BCUT2D eigenvalue weighted by Crippen LogP contribution is -2.32. The van der Waals surface area contributed by atoms with Crippen molar-refractivity contribution in [2.75, 3.05) is 5.32 Å². The third kappa shape index (κ3) is 4.12. The Morgan fingerprint density at radius 3 is 2.64 bits per heavy atom. The summed E-state index contributed by atoms with van der Waals surface area (Å²) in [6.07, 6.45) is -0.450. The summed E-state index contributed by atoms with van der Waals surface area (Å²) in [7, 11) is 0. The highest BCUT2D eigenvalue weighted by Gasteiger charge is 2.20. The fourth-order valence-electron chi connectivity index (χ4n) is 1.82. The van der Waals surface area contributed by atoms with E-state index < -0.39 is 17.8 Å². The van der Waals surface area contributed by atoms with E-state index in [4.69, 9.17) is 27.9 Å². The van der Waals surface area contributed by atoms with Crippen molar-refractivity contribution in [3.63, 3.8) is 0 Å². The van der Waals surface area contributed by atoms with Crippen LogP contribution in [0.5, 0.6) is 5.75 Å². The maximum Gasteiger partial charge on any atom is 0.265 e. The van der Waals surface area contributed by atoms with Crippen LogP contribution >= 0.6 is 23.2 Å². The number of anilines is 1. The minimum absolute atomic E-state index is 0.0340. The number of hydrogen-bond acceptors (Lipinski definition) is 2. The quantitative estimate of drug-likeness (QED) is 0.837. The molecule has 2 aromatic carbocycles. The maximum absolute atomic E-state index is 13.6. The summed E-state index contributed by atoms with van der Waals surface area (Å²) in [6.45, 7) is 1.77. The molecule has 116 valence electrons. The topological polar surface area (TPSA) is 38.3 Å². The van der Waals surface area contributed by atoms with Gasteiger partial charge in [0.25, 0.3) is 5.91 Å². The van der Waals surface area contributed by atoms with Crippen molar-refractivity contribution in [2.24, 2.45) is 0 Å². The van der Waals surface area contributed by atoms with Gasteiger partial charge in [0.15, 0.2) is 17.7 Å². The van der Waals surface area contributed by atoms with Gasteiger partial charge in [0.05, 0.1) is 10.7 Å². The van der Waals surface area contributed by atoms with Crippen LogP contribution in [0.3, 0.4) is 0 Å². The summed E-state index contributed by atoms with van der Waals surface area (Å²) in [5.41, 5.74) is 0.423. The summed E-state index contributed by atoms with van der Waals surface area (Å²) in [6, 6.07) is 10.7. The van der Waals surface area contributed by atoms with Gasteiger partial charge in [0.2, 0.25) is 0 Å². The normalized spacial score (nSPS) is 11.8. The average molecular weight is 342 g/mol. The lowest BCUT2D eigenvalue weighted by molar-refractivity contribution is -0.122. The largest absolute Gasteiger partial charge is 0.478 e. The van der Waals surface area contributed by atoms with Crippen molar-refractivity contribution < 1.29 is 13.9 Å². The van der Waals surface area contributed by atoms with E-state index in [1.165, 1.54) is 18.2 Å². The van der Waals surface area contributed by atoms with Gasteiger partial charge in [-0.25, -0.2) is 4.39 Å². The Morgan fingerprint density at radius 2 is 2.00 bits per heavy atom. The molecule has 0 aliphatic rings. The molecular weight excluding hydrogens is 328 g/mol. The number of halogens is 3. The fourth-order valence-corrected chi connectivity index (χ4v) is 2.28. The summed E-state index contributed by atoms with van der Waals surface area (Å²) in [5, 5.41) is 3.44. The molecule has 0 saturated carbocycles. The molecule has 0 saturated heterocycles. The third-order valence-corrected chi connectivity index (χ3v) is 3.51. The molecule has 0 heterocycles. The summed E-state index contributed by atoms with van der Waals surface area (Å²) < 4.78 is 19.0. The lowest BCUT2D eigenvalue weighted by atomic mass is 10.2. The number of benzene rings is 2. The number of carbonyl (C=O) groups is 1. The standard InChI is InChI=1S/C16H14Cl2FNO2/c1-2-14(22-15-6-4-3-5-12(15)19)16(21)20-13-8-7-10(17)9-11(13)18/h3-9,14H,2H2,1H3,(H,20,21)/t14-/m1/s1. The summed E-state index contributed by atoms with van der Waals surface area (Å²) >= 11 is 11.8. The molecule has 1 N–H and O–H groups in total. The highest BCUT2D eigenvalue weighted by atomic mass is 35.5. The molecular formula is C16H14Cl2FNO2. The van der Waals surface area contributed by atoms with Crippen molar-refractivity contribution in [2.45, 2.75) is 19.4 Å². The second kappa shape index (κ2) is 7.47. The Balaban J connectivity index is 2.10. The average Bonchev–Trinajstić information content (AvgIpc) is 2.49. The summed E-state index contributed by atoms with van der Waals surface area (Å²) in [5.74, 6) is -0.889. The number of amides is 1. The van der Waals surface area contributed by atoms with E-state index in [0.29, 0.717) is 22.2 Å². The molecule has 0 aliphatic heterocycles. The number of nitrogens with one attached hydrogen (secondary N) is 1. The zero-order chi connectivity index (χ0) is 16.1. The minimum atomic E-state index is -0.830. The molecule has 2 rings (SSSR count). The van der Waals surface area contributed by atoms with Gasteiger partial charge in [-0.3, -0.25) is 4.79 Å². The van der Waals surface area contributed by atoms with Crippen LogP contribution < -0.4 is 10.1 Å². The predicted octanol–water partition coefficient (Wildman–Crippen LogP) is 4.93. The van der Waals surface area contributed by atoms with Gasteiger partial charge in [-0.05, 0) is 36.8 Å². The molecule has 0 aliphatic carbocycles. The summed E-state index contributed by atoms with van der Waals surface area (Å²) in [4.78, 5) is 12.2. The van der Waals surface area contributed by atoms with E-state index in [2.05, 4.69) is 5.32 Å². The Hall–Kier alpha value is -1.78. The number of rotatable bonds is 5. The van der Waals surface area contributed by atoms with E-state index in [0.717, 1.165) is 0 Å². The van der Waals surface area contributed by atoms with Gasteiger partial charge in [-0.1, -0.05) is 42.3 Å². The number of para-hydroxylation sites is 1. The molecule has 2 aromatic rings. The first-order valence-corrected chi connectivity index (χ1v) is 7.44. The van der Waals surface area contributed by atoms with Crippen LogP contribution in [0.2, 0.25) is 10.0 Å². The molecule has 1 amide bonds. The Labute approximate surface area is 138 Å². The van der Waals surface area contributed by atoms with Crippen LogP contribution in [-0.2, 0) is 4.79 Å². The molecule has 0 bridgehead atoms. The molecule has 0 fully saturated rings. The van der Waals surface area contributed by atoms with Crippen molar-refractivity contribution in [1.82, 2.24) is 0 Å². The van der Waals surface area contributed by atoms with E-state index in [-0.39, 0.29) is 5.75 Å². The van der Waals surface area contributed by atoms with E-state index >= 15 is 0 Å². The second-order valence-electron chi connectivity index (χ2n) is 4.56. The lowest BCUT2D eigenvalue weighted by Gasteiger charge is -2.18. The van der Waals surface area contributed by atoms with Crippen LogP contribution in [0.15, 0.2) is 42.5 Å². The van der Waals surface area contributed by atoms with Crippen LogP contribution in [0.4, 0.5) is 10.1 Å². The van der Waals surface area contributed by atoms with E-state index in [9.17, 15) is 9.18 Å². The third-order valence-electron chi connectivity index (χ3n) is 2.96. The highest BCUT2D eigenvalue weighted by Crippen LogP contribution is 2.26. The van der Waals surface area contributed by atoms with Gasteiger partial charge >= 0.3 is 0 Å². The van der Waals surface area contributed by atoms with E-state index in [1.807, 2.05) is 0 Å². The first-order valence-electron chi connectivity index (χ1n) is 6.68. The fraction of sp³-hybridized carbons (Fsp3) is 0.188. The van der Waals surface area contributed by atoms with E-state index in [1.54, 1.807) is 31.2 Å². The Bertz CT molecular complexity index is 679. The molecule has 6 heteroatoms. The second-order valence-corrected chi connectivity index (χ2v) is 5.40. The van der Waals surface area contributed by atoms with Crippen LogP contribution in [0.1, 0.15) is 13.3 Å².